The number of primary amides is 1. The highest BCUT2D eigenvalue weighted by atomic mass is 32.2. The Balaban J connectivity index is 1.09. The van der Waals surface area contributed by atoms with Crippen molar-refractivity contribution in [2.24, 2.45) is 29.4 Å². The Morgan fingerprint density at radius 2 is 1.56 bits per heavy atom. The minimum atomic E-state index is -3.98. The summed E-state index contributed by atoms with van der Waals surface area (Å²) in [7, 11) is -1.17. The number of nitrogens with two attached hydrogens (primary N) is 1. The summed E-state index contributed by atoms with van der Waals surface area (Å²) in [6.45, 7) is 5.69. The van der Waals surface area contributed by atoms with Gasteiger partial charge >= 0.3 is 6.03 Å². The number of Topliss-reactive ketones (excluding diaryl/α,β-unsaturated/α-hetero) is 4. The highest BCUT2D eigenvalue weighted by Crippen LogP contribution is 2.55. The Labute approximate surface area is 338 Å². The molecule has 2 saturated carbocycles. The largest absolute Gasteiger partial charge is 0.505 e. The van der Waals surface area contributed by atoms with Crippen LogP contribution in [-0.2, 0) is 29.2 Å². The first kappa shape index (κ1) is 41.2. The summed E-state index contributed by atoms with van der Waals surface area (Å²) >= 11 is 0. The van der Waals surface area contributed by atoms with Crippen molar-refractivity contribution in [3.8, 4) is 5.75 Å². The molecule has 2 fully saturated rings. The average Bonchev–Trinajstić information content (AvgIpc) is 3.17. The van der Waals surface area contributed by atoms with Crippen molar-refractivity contribution in [1.82, 2.24) is 4.90 Å². The second-order valence-electron chi connectivity index (χ2n) is 15.9. The fraction of sp³-hybridized carbons (Fsp3) is 0.333. The second kappa shape index (κ2) is 14.7. The Morgan fingerprint density at radius 1 is 0.898 bits per heavy atom. The lowest BCUT2D eigenvalue weighted by Gasteiger charge is -2.56. The second-order valence-corrected chi connectivity index (χ2v) is 17.6. The number of benzene rings is 4. The maximum atomic E-state index is 14.2. The number of urea groups is 1. The van der Waals surface area contributed by atoms with Gasteiger partial charge in [-0.15, -0.1) is 0 Å². The number of amides is 3. The van der Waals surface area contributed by atoms with Crippen LogP contribution in [0.25, 0.3) is 10.8 Å². The van der Waals surface area contributed by atoms with Gasteiger partial charge in [0.25, 0.3) is 10.0 Å². The van der Waals surface area contributed by atoms with Gasteiger partial charge in [-0.3, -0.25) is 33.6 Å². The van der Waals surface area contributed by atoms with E-state index in [1.165, 1.54) is 61.5 Å². The van der Waals surface area contributed by atoms with Crippen LogP contribution >= 0.6 is 0 Å². The third-order valence-corrected chi connectivity index (χ3v) is 13.3. The van der Waals surface area contributed by atoms with Gasteiger partial charge in [0, 0.05) is 17.3 Å². The third kappa shape index (κ3) is 6.54. The predicted octanol–water partition coefficient (Wildman–Crippen LogP) is 3.12. The van der Waals surface area contributed by atoms with E-state index in [-0.39, 0.29) is 33.4 Å². The summed E-state index contributed by atoms with van der Waals surface area (Å²) in [5.41, 5.74) is 3.32. The maximum absolute atomic E-state index is 14.2. The Hall–Kier alpha value is -6.01. The lowest BCUT2D eigenvalue weighted by atomic mass is 9.49. The molecule has 7 rings (SSSR count). The number of ketones is 4. The van der Waals surface area contributed by atoms with Crippen LogP contribution < -0.4 is 21.1 Å². The molecule has 8 atom stereocenters. The highest BCUT2D eigenvalue weighted by Gasteiger charge is 2.73. The van der Waals surface area contributed by atoms with Crippen LogP contribution in [0.2, 0.25) is 0 Å². The number of aliphatic hydroxyl groups excluding tert-OH is 1. The number of anilines is 3. The molecule has 0 aromatic heterocycles. The minimum absolute atomic E-state index is 0.0680. The third-order valence-electron chi connectivity index (χ3n) is 12.0. The first-order valence-corrected chi connectivity index (χ1v) is 20.3. The number of rotatable bonds is 8. The van der Waals surface area contributed by atoms with Crippen LogP contribution in [0.15, 0.2) is 77.7 Å². The van der Waals surface area contributed by atoms with E-state index in [2.05, 4.69) is 29.2 Å². The summed E-state index contributed by atoms with van der Waals surface area (Å²) in [6.07, 6.45) is -1.78. The van der Waals surface area contributed by atoms with Crippen molar-refractivity contribution in [1.29, 1.82) is 0 Å². The number of fused-ring (bicyclic) bond motifs is 4. The van der Waals surface area contributed by atoms with E-state index < -0.39 is 104 Å². The fourth-order valence-electron chi connectivity index (χ4n) is 9.17. The van der Waals surface area contributed by atoms with E-state index >= 15 is 0 Å². The molecule has 16 nitrogen and oxygen atoms in total. The van der Waals surface area contributed by atoms with Crippen LogP contribution in [0, 0.1) is 23.7 Å². The van der Waals surface area contributed by atoms with Gasteiger partial charge in [0.2, 0.25) is 5.91 Å². The molecular weight excluding hydrogens is 783 g/mol. The number of phenolic OH excluding ortho intramolecular Hbond substituents is 1. The van der Waals surface area contributed by atoms with Crippen LogP contribution in [0.4, 0.5) is 21.9 Å². The van der Waals surface area contributed by atoms with Crippen LogP contribution in [0.1, 0.15) is 54.1 Å². The van der Waals surface area contributed by atoms with Gasteiger partial charge in [0.1, 0.15) is 5.75 Å². The van der Waals surface area contributed by atoms with Gasteiger partial charge in [-0.25, -0.2) is 13.2 Å². The molecule has 4 aromatic carbocycles. The monoisotopic (exact) mass is 825 g/mol. The van der Waals surface area contributed by atoms with E-state index in [0.29, 0.717) is 0 Å². The van der Waals surface area contributed by atoms with E-state index in [0.717, 1.165) is 16.3 Å². The Morgan fingerprint density at radius 3 is 2.19 bits per heavy atom. The van der Waals surface area contributed by atoms with E-state index in [9.17, 15) is 52.5 Å². The molecular formula is C42H43N5O11S. The zero-order valence-electron chi connectivity index (χ0n) is 32.6. The number of nitrogens with zero attached hydrogens (tertiary/aromatic N) is 1. The average molecular weight is 826 g/mol. The number of likely N-dealkylation sites (N-methyl/N-ethyl adjacent to an activating group) is 1. The van der Waals surface area contributed by atoms with Crippen molar-refractivity contribution in [3.63, 3.8) is 0 Å². The molecule has 0 spiro atoms. The summed E-state index contributed by atoms with van der Waals surface area (Å²) < 4.78 is 29.1. The van der Waals surface area contributed by atoms with Gasteiger partial charge in [-0.2, -0.15) is 0 Å². The van der Waals surface area contributed by atoms with E-state index in [1.807, 2.05) is 18.2 Å². The van der Waals surface area contributed by atoms with Crippen molar-refractivity contribution in [3.05, 3.63) is 89.5 Å². The van der Waals surface area contributed by atoms with E-state index in [1.54, 1.807) is 19.1 Å². The fourth-order valence-corrected chi connectivity index (χ4v) is 10.3. The van der Waals surface area contributed by atoms with Crippen LogP contribution in [-0.4, -0.2) is 95.6 Å². The van der Waals surface area contributed by atoms with Crippen molar-refractivity contribution in [2.45, 2.75) is 55.2 Å². The molecule has 4 aromatic rings. The number of carbonyl (C=O) groups is 6. The molecule has 0 saturated heterocycles. The summed E-state index contributed by atoms with van der Waals surface area (Å²) in [4.78, 5) is 82.1. The number of phenols is 1. The van der Waals surface area contributed by atoms with Gasteiger partial charge in [-0.05, 0) is 90.3 Å². The molecule has 0 aliphatic heterocycles. The minimum Gasteiger partial charge on any atom is -0.505 e. The van der Waals surface area contributed by atoms with Crippen LogP contribution in [0.3, 0.4) is 0 Å². The number of hydrogen-bond donors (Lipinski definition) is 7. The molecule has 59 heavy (non-hydrogen) atoms. The standard InChI is InChI=1S/C42H43N5O11S/c1-18(2)24-8-6-7-20-17-23(13-14-26(20)24)59(57,58)46-22-11-9-21(10-12-22)44-41(55)45-27-16-15-25-19(3)28-30(35(49)29(25)34(27)48)38(52)42(56)32(36(28)50)33(47(4)5)37(51)31(39(42)53)40(43)54/h6-19,28,30-33,36,46,48,50,56H,1-5H3,(H2,43,54)(H2,44,45,55)/t19-,28+,30?,31?,32+,33-,36-,42-/m1/s1. The number of nitrogens with one attached hydrogen (secondary N) is 3. The molecule has 17 heteroatoms. The Kier molecular flexibility index (Phi) is 10.2. The molecule has 0 bridgehead atoms. The smallest absolute Gasteiger partial charge is 0.323 e. The quantitative estimate of drug-likeness (QED) is 0.0999. The number of hydrogen-bond acceptors (Lipinski definition) is 12. The van der Waals surface area contributed by atoms with Gasteiger partial charge in [-0.1, -0.05) is 51.1 Å². The first-order valence-electron chi connectivity index (χ1n) is 18.8. The maximum Gasteiger partial charge on any atom is 0.323 e. The number of aromatic hydroxyl groups is 1. The molecule has 3 amide bonds. The number of sulfonamides is 1. The zero-order chi connectivity index (χ0) is 43.0. The zero-order valence-corrected chi connectivity index (χ0v) is 33.4. The number of aliphatic hydroxyl groups is 2. The topological polar surface area (TPSA) is 263 Å². The SMILES string of the molecule is CC(C)c1cccc2cc(S(=O)(=O)Nc3ccc(NC(=O)Nc4ccc5c(c4O)C(=O)C4C(=O)[C@@]6(O)C(=O)C(C(N)=O)C(=O)[C@H](N(C)C)[C@H]6[C@H](O)[C@H]4[C@@H]5C)cc3)ccc12. The normalized spacial score (nSPS) is 26.6. The summed E-state index contributed by atoms with van der Waals surface area (Å²) in [5.74, 6) is -14.7. The van der Waals surface area contributed by atoms with Crippen molar-refractivity contribution >= 4 is 72.9 Å². The molecule has 0 radical (unpaired) electrons. The summed E-state index contributed by atoms with van der Waals surface area (Å²) in [6, 6.07) is 16.8. The van der Waals surface area contributed by atoms with E-state index in [4.69, 9.17) is 5.73 Å². The summed E-state index contributed by atoms with van der Waals surface area (Å²) in [5, 5.41) is 41.7. The Bertz CT molecular complexity index is 2590. The van der Waals surface area contributed by atoms with Crippen molar-refractivity contribution in [2.75, 3.05) is 29.5 Å². The van der Waals surface area contributed by atoms with Gasteiger partial charge in [0.15, 0.2) is 34.7 Å². The van der Waals surface area contributed by atoms with Gasteiger partial charge < -0.3 is 31.7 Å². The molecule has 308 valence electrons. The van der Waals surface area contributed by atoms with Gasteiger partial charge in [0.05, 0.1) is 40.1 Å². The number of carbonyl (C=O) groups excluding carboxylic acids is 6. The lowest BCUT2D eigenvalue weighted by molar-refractivity contribution is -0.196. The first-order chi connectivity index (χ1) is 27.7. The lowest BCUT2D eigenvalue weighted by Crippen LogP contribution is -2.77. The van der Waals surface area contributed by atoms with Crippen LogP contribution in [0.5, 0.6) is 5.75 Å². The molecule has 3 aliphatic rings. The molecule has 0 heterocycles. The highest BCUT2D eigenvalue weighted by molar-refractivity contribution is 7.92. The molecule has 3 aliphatic carbocycles. The predicted molar refractivity (Wildman–Crippen MR) is 215 cm³/mol. The molecule has 8 N–H and O–H groups in total. The molecule has 2 unspecified atom stereocenters. The van der Waals surface area contributed by atoms with Crippen molar-refractivity contribution < 1.29 is 52.5 Å².